The Morgan fingerprint density at radius 3 is 2.50 bits per heavy atom. The van der Waals surface area contributed by atoms with Crippen molar-refractivity contribution in [1.82, 2.24) is 9.88 Å². The largest absolute Gasteiger partial charge is 0.573 e. The predicted octanol–water partition coefficient (Wildman–Crippen LogP) is 2.23. The fourth-order valence-corrected chi connectivity index (χ4v) is 2.73. The molecule has 0 atom stereocenters. The lowest BCUT2D eigenvalue weighted by Crippen LogP contribution is -2.33. The minimum absolute atomic E-state index is 0.0216. The lowest BCUT2D eigenvalue weighted by molar-refractivity contribution is -0.274. The van der Waals surface area contributed by atoms with Crippen LogP contribution in [0.1, 0.15) is 11.1 Å². The molecule has 1 saturated heterocycles. The number of carbonyl (C=O) groups is 2. The maximum Gasteiger partial charge on any atom is 0.573 e. The van der Waals surface area contributed by atoms with Crippen molar-refractivity contribution in [2.24, 2.45) is 5.73 Å². The third-order valence-corrected chi connectivity index (χ3v) is 3.93. The molecule has 0 aliphatic carbocycles. The first-order chi connectivity index (χ1) is 13.2. The van der Waals surface area contributed by atoms with Crippen LogP contribution in [0.25, 0.3) is 0 Å². The minimum Gasteiger partial charge on any atom is -0.406 e. The highest BCUT2D eigenvalue weighted by Crippen LogP contribution is 2.28. The number of amides is 3. The highest BCUT2D eigenvalue weighted by Gasteiger charge is 2.37. The molecule has 3 amide bonds. The van der Waals surface area contributed by atoms with E-state index in [1.807, 2.05) is 0 Å². The molecule has 0 saturated carbocycles. The number of nitrogens with zero attached hydrogens (tertiary/aromatic N) is 3. The van der Waals surface area contributed by atoms with E-state index >= 15 is 0 Å². The summed E-state index contributed by atoms with van der Waals surface area (Å²) in [6, 6.07) is 5.36. The first-order valence-electron chi connectivity index (χ1n) is 7.90. The van der Waals surface area contributed by atoms with Crippen LogP contribution in [0.15, 0.2) is 42.7 Å². The van der Waals surface area contributed by atoms with Gasteiger partial charge in [-0.05, 0) is 35.9 Å². The lowest BCUT2D eigenvalue weighted by Gasteiger charge is -2.18. The molecule has 1 fully saturated rings. The summed E-state index contributed by atoms with van der Waals surface area (Å²) in [6.07, 6.45) is -1.98. The highest BCUT2D eigenvalue weighted by atomic mass is 19.4. The summed E-state index contributed by atoms with van der Waals surface area (Å²) in [5.74, 6) is -1.22. The molecule has 1 aliphatic heterocycles. The average molecular weight is 393 g/mol. The quantitative estimate of drug-likeness (QED) is 0.460. The molecule has 3 N–H and O–H groups in total. The van der Waals surface area contributed by atoms with Gasteiger partial charge in [0.15, 0.2) is 0 Å². The van der Waals surface area contributed by atoms with Crippen LogP contribution in [0.2, 0.25) is 0 Å². The third-order valence-electron chi connectivity index (χ3n) is 3.93. The Bertz CT molecular complexity index is 930. The predicted molar refractivity (Wildman–Crippen MR) is 91.7 cm³/mol. The Morgan fingerprint density at radius 2 is 1.89 bits per heavy atom. The zero-order valence-electron chi connectivity index (χ0n) is 14.2. The van der Waals surface area contributed by atoms with Gasteiger partial charge in [-0.15, -0.1) is 13.2 Å². The Kier molecular flexibility index (Phi) is 4.91. The van der Waals surface area contributed by atoms with Crippen molar-refractivity contribution < 1.29 is 27.5 Å². The number of nitrogens with two attached hydrogens (primary N) is 1. The second-order valence-electron chi connectivity index (χ2n) is 5.86. The fourth-order valence-electron chi connectivity index (χ4n) is 2.73. The number of ether oxygens (including phenoxy) is 1. The number of aromatic nitrogens is 1. The molecular weight excluding hydrogens is 379 g/mol. The van der Waals surface area contributed by atoms with Crippen molar-refractivity contribution in [3.63, 3.8) is 0 Å². The van der Waals surface area contributed by atoms with Gasteiger partial charge in [0.25, 0.3) is 5.91 Å². The van der Waals surface area contributed by atoms with Gasteiger partial charge in [-0.2, -0.15) is 0 Å². The molecule has 0 bridgehead atoms. The zero-order chi connectivity index (χ0) is 20.5. The van der Waals surface area contributed by atoms with Crippen molar-refractivity contribution >= 4 is 23.5 Å². The maximum atomic E-state index is 12.6. The number of hydrogen-bond acceptors (Lipinski definition) is 5. The molecule has 2 aromatic rings. The van der Waals surface area contributed by atoms with Crippen LogP contribution in [0.3, 0.4) is 0 Å². The maximum absolute atomic E-state index is 12.6. The minimum atomic E-state index is -4.84. The van der Waals surface area contributed by atoms with E-state index in [9.17, 15) is 22.8 Å². The number of amidine groups is 1. The fraction of sp³-hybridized carbons (Fsp3) is 0.176. The van der Waals surface area contributed by atoms with E-state index in [0.29, 0.717) is 11.1 Å². The summed E-state index contributed by atoms with van der Waals surface area (Å²) in [5, 5.41) is 7.56. The monoisotopic (exact) mass is 393 g/mol. The number of pyridine rings is 1. The molecule has 0 unspecified atom stereocenters. The van der Waals surface area contributed by atoms with Gasteiger partial charge in [0, 0.05) is 24.5 Å². The van der Waals surface area contributed by atoms with Crippen molar-refractivity contribution in [2.75, 3.05) is 11.4 Å². The number of imide groups is 1. The van der Waals surface area contributed by atoms with Crippen LogP contribution in [-0.2, 0) is 11.3 Å². The first-order valence-corrected chi connectivity index (χ1v) is 7.90. The highest BCUT2D eigenvalue weighted by molar-refractivity contribution is 6.19. The first kappa shape index (κ1) is 19.1. The number of nitrogens with one attached hydrogen (secondary N) is 1. The van der Waals surface area contributed by atoms with Gasteiger partial charge in [0.05, 0.1) is 5.69 Å². The summed E-state index contributed by atoms with van der Waals surface area (Å²) in [6.45, 7) is -0.201. The topological polar surface area (TPSA) is 113 Å². The number of benzene rings is 1. The van der Waals surface area contributed by atoms with E-state index in [4.69, 9.17) is 11.1 Å². The number of anilines is 1. The van der Waals surface area contributed by atoms with Gasteiger partial charge in [-0.3, -0.25) is 15.2 Å². The molecule has 3 rings (SSSR count). The lowest BCUT2D eigenvalue weighted by atomic mass is 10.1. The Labute approximate surface area is 156 Å². The van der Waals surface area contributed by atoms with E-state index < -0.39 is 24.1 Å². The van der Waals surface area contributed by atoms with E-state index in [2.05, 4.69) is 9.72 Å². The molecule has 0 radical (unpaired) electrons. The molecule has 2 heterocycles. The number of rotatable bonds is 5. The van der Waals surface area contributed by atoms with Gasteiger partial charge in [0.2, 0.25) is 0 Å². The summed E-state index contributed by atoms with van der Waals surface area (Å²) in [7, 11) is 0. The summed E-state index contributed by atoms with van der Waals surface area (Å²) in [4.78, 5) is 30.9. The number of halogens is 3. The molecule has 1 aromatic carbocycles. The normalized spacial score (nSPS) is 14.5. The molecular formula is C17H14F3N5O3. The summed E-state index contributed by atoms with van der Waals surface area (Å²) < 4.78 is 40.5. The average Bonchev–Trinajstić information content (AvgIpc) is 2.88. The van der Waals surface area contributed by atoms with Crippen LogP contribution in [0.5, 0.6) is 5.75 Å². The molecule has 146 valence electrons. The summed E-state index contributed by atoms with van der Waals surface area (Å²) in [5.41, 5.74) is 6.50. The van der Waals surface area contributed by atoms with Crippen LogP contribution >= 0.6 is 0 Å². The van der Waals surface area contributed by atoms with E-state index in [1.54, 1.807) is 6.07 Å². The van der Waals surface area contributed by atoms with Crippen molar-refractivity contribution in [2.45, 2.75) is 12.9 Å². The van der Waals surface area contributed by atoms with Gasteiger partial charge in [-0.25, -0.2) is 9.69 Å². The molecule has 1 aromatic heterocycles. The second kappa shape index (κ2) is 7.18. The second-order valence-corrected chi connectivity index (χ2v) is 5.86. The van der Waals surface area contributed by atoms with Crippen LogP contribution in [-0.4, -0.2) is 40.6 Å². The Morgan fingerprint density at radius 1 is 1.21 bits per heavy atom. The van der Waals surface area contributed by atoms with Gasteiger partial charge in [0.1, 0.15) is 18.1 Å². The molecule has 1 aliphatic rings. The van der Waals surface area contributed by atoms with E-state index in [1.165, 1.54) is 29.4 Å². The number of nitrogen functional groups attached to an aromatic ring is 1. The smallest absolute Gasteiger partial charge is 0.406 e. The Hall–Kier alpha value is -3.63. The summed E-state index contributed by atoms with van der Waals surface area (Å²) >= 11 is 0. The van der Waals surface area contributed by atoms with Crippen LogP contribution in [0.4, 0.5) is 23.7 Å². The number of alkyl halides is 3. The SMILES string of the molecule is N=C(N)c1cnccc1CN1CC(=O)N(c2ccc(OC(F)(F)F)cc2)C1=O. The number of hydrogen-bond donors (Lipinski definition) is 2. The Balaban J connectivity index is 1.78. The van der Waals surface area contributed by atoms with E-state index in [-0.39, 0.29) is 24.6 Å². The number of carbonyl (C=O) groups excluding carboxylic acids is 2. The third kappa shape index (κ3) is 4.03. The molecule has 0 spiro atoms. The van der Waals surface area contributed by atoms with Crippen LogP contribution in [0, 0.1) is 5.41 Å². The van der Waals surface area contributed by atoms with E-state index in [0.717, 1.165) is 17.0 Å². The standard InChI is InChI=1S/C17H14F3N5O3/c18-17(19,20)28-12-3-1-11(2-4-12)25-14(26)9-24(16(25)27)8-10-5-6-23-7-13(10)15(21)22/h1-7H,8-9H2,(H3,21,22). The van der Waals surface area contributed by atoms with Gasteiger partial charge in [-0.1, -0.05) is 0 Å². The van der Waals surface area contributed by atoms with Crippen molar-refractivity contribution in [1.29, 1.82) is 5.41 Å². The molecule has 28 heavy (non-hydrogen) atoms. The zero-order valence-corrected chi connectivity index (χ0v) is 14.2. The van der Waals surface area contributed by atoms with Crippen molar-refractivity contribution in [3.8, 4) is 5.75 Å². The van der Waals surface area contributed by atoms with Crippen molar-refractivity contribution in [3.05, 3.63) is 53.9 Å². The van der Waals surface area contributed by atoms with Crippen LogP contribution < -0.4 is 15.4 Å². The van der Waals surface area contributed by atoms with Gasteiger partial charge >= 0.3 is 12.4 Å². The van der Waals surface area contributed by atoms with Gasteiger partial charge < -0.3 is 15.4 Å². The molecule has 8 nitrogen and oxygen atoms in total. The number of urea groups is 1. The molecule has 11 heteroatoms.